The van der Waals surface area contributed by atoms with Crippen molar-refractivity contribution in [3.05, 3.63) is 59.8 Å². The molecule has 0 radical (unpaired) electrons. The van der Waals surface area contributed by atoms with E-state index in [-0.39, 0.29) is 29.5 Å². The molecule has 32 heavy (non-hydrogen) atoms. The number of imidazole rings is 1. The summed E-state index contributed by atoms with van der Waals surface area (Å²) in [7, 11) is 0. The second-order valence-electron chi connectivity index (χ2n) is 9.08. The highest BCUT2D eigenvalue weighted by Crippen LogP contribution is 2.53. The number of aliphatic carboxylic acids is 1. The van der Waals surface area contributed by atoms with Crippen LogP contribution in [0.15, 0.2) is 54.3 Å². The Morgan fingerprint density at radius 1 is 1.28 bits per heavy atom. The molecular weight excluding hydrogens is 408 g/mol. The molecule has 1 aromatic heterocycles. The molecule has 1 saturated carbocycles. The summed E-state index contributed by atoms with van der Waals surface area (Å²) in [5, 5.41) is 23.5. The van der Waals surface area contributed by atoms with Gasteiger partial charge in [0.1, 0.15) is 5.70 Å². The van der Waals surface area contributed by atoms with E-state index in [9.17, 15) is 19.8 Å². The Morgan fingerprint density at radius 3 is 2.72 bits per heavy atom. The summed E-state index contributed by atoms with van der Waals surface area (Å²) < 4.78 is 1.95. The van der Waals surface area contributed by atoms with Crippen LogP contribution in [0.2, 0.25) is 0 Å². The van der Waals surface area contributed by atoms with Crippen LogP contribution in [0.5, 0.6) is 0 Å². The number of nitrogens with zero attached hydrogens (tertiary/aromatic N) is 3. The van der Waals surface area contributed by atoms with Gasteiger partial charge in [-0.3, -0.25) is 4.79 Å². The number of carbonyl (C=O) groups excluding carboxylic acids is 1. The van der Waals surface area contributed by atoms with Crippen molar-refractivity contribution < 1.29 is 19.8 Å². The van der Waals surface area contributed by atoms with Crippen LogP contribution in [0, 0.1) is 17.8 Å². The Morgan fingerprint density at radius 2 is 2.06 bits per heavy atom. The lowest BCUT2D eigenvalue weighted by molar-refractivity contribution is -0.163. The summed E-state index contributed by atoms with van der Waals surface area (Å²) in [6.07, 6.45) is 7.42. The molecular formula is C24H28N4O4. The molecule has 3 heterocycles. The van der Waals surface area contributed by atoms with Crippen LogP contribution in [0.1, 0.15) is 31.7 Å². The quantitative estimate of drug-likeness (QED) is 0.573. The number of β-lactam (4-membered cyclic amide) rings is 1. The third-order valence-corrected chi connectivity index (χ3v) is 7.20. The zero-order valence-corrected chi connectivity index (χ0v) is 18.0. The standard InChI is InChI=1S/C24H28N4O4/c1-14(29)19-21-18-4-2-3-16(20(18)22(24(31)32)28(21)23(19)30)12-26-11-15-5-7-17(8-6-15)27-10-9-25-13-27/h5-10,13-14,16,18-19,21,26,29H,2-4,11-12H2,1H3,(H,31,32)/t14-,16+,18+,19-,21-/m1/s1. The Kier molecular flexibility index (Phi) is 5.35. The molecule has 8 heteroatoms. The minimum atomic E-state index is -1.04. The maximum absolute atomic E-state index is 12.6. The Labute approximate surface area is 186 Å². The number of nitrogens with one attached hydrogen (secondary N) is 1. The number of benzene rings is 1. The van der Waals surface area contributed by atoms with Crippen LogP contribution >= 0.6 is 0 Å². The predicted molar refractivity (Wildman–Crippen MR) is 117 cm³/mol. The zero-order chi connectivity index (χ0) is 22.4. The molecule has 1 amide bonds. The molecule has 1 saturated heterocycles. The molecule has 2 aromatic rings. The van der Waals surface area contributed by atoms with Crippen molar-refractivity contribution in [3.63, 3.8) is 0 Å². The van der Waals surface area contributed by atoms with E-state index in [1.807, 2.05) is 22.9 Å². The molecule has 5 atom stereocenters. The van der Waals surface area contributed by atoms with Gasteiger partial charge in [-0.1, -0.05) is 18.6 Å². The van der Waals surface area contributed by atoms with E-state index in [1.165, 1.54) is 4.90 Å². The van der Waals surface area contributed by atoms with Gasteiger partial charge in [0.25, 0.3) is 0 Å². The third kappa shape index (κ3) is 3.34. The van der Waals surface area contributed by atoms with Gasteiger partial charge < -0.3 is 25.0 Å². The minimum absolute atomic E-state index is 0.0356. The summed E-state index contributed by atoms with van der Waals surface area (Å²) >= 11 is 0. The monoisotopic (exact) mass is 436 g/mol. The van der Waals surface area contributed by atoms with E-state index in [1.54, 1.807) is 19.4 Å². The number of aliphatic hydroxyl groups is 1. The first-order valence-electron chi connectivity index (χ1n) is 11.2. The number of aromatic nitrogens is 2. The minimum Gasteiger partial charge on any atom is -0.477 e. The maximum atomic E-state index is 12.6. The Hall–Kier alpha value is -2.97. The number of carboxylic acid groups (broad SMARTS) is 1. The second kappa shape index (κ2) is 8.18. The first-order chi connectivity index (χ1) is 15.5. The van der Waals surface area contributed by atoms with Crippen molar-refractivity contribution in [2.75, 3.05) is 6.54 Å². The fourth-order valence-electron chi connectivity index (χ4n) is 5.80. The van der Waals surface area contributed by atoms with E-state index in [0.717, 1.165) is 36.1 Å². The van der Waals surface area contributed by atoms with Crippen LogP contribution in [0.4, 0.5) is 0 Å². The van der Waals surface area contributed by atoms with E-state index >= 15 is 0 Å². The van der Waals surface area contributed by atoms with Gasteiger partial charge >= 0.3 is 5.97 Å². The molecule has 0 unspecified atom stereocenters. The molecule has 5 rings (SSSR count). The topological polar surface area (TPSA) is 108 Å². The average Bonchev–Trinajstić information content (AvgIpc) is 3.39. The molecule has 0 spiro atoms. The van der Waals surface area contributed by atoms with Crippen molar-refractivity contribution in [3.8, 4) is 5.69 Å². The number of hydrogen-bond donors (Lipinski definition) is 3. The van der Waals surface area contributed by atoms with Crippen LogP contribution in [0.25, 0.3) is 5.69 Å². The number of fused-ring (bicyclic) bond motifs is 3. The summed E-state index contributed by atoms with van der Waals surface area (Å²) in [4.78, 5) is 30.2. The molecule has 2 fully saturated rings. The highest BCUT2D eigenvalue weighted by Gasteiger charge is 2.62. The maximum Gasteiger partial charge on any atom is 0.352 e. The van der Waals surface area contributed by atoms with E-state index in [0.29, 0.717) is 13.1 Å². The van der Waals surface area contributed by atoms with Crippen molar-refractivity contribution in [1.82, 2.24) is 19.8 Å². The van der Waals surface area contributed by atoms with E-state index < -0.39 is 18.0 Å². The summed E-state index contributed by atoms with van der Waals surface area (Å²) in [5.41, 5.74) is 3.25. The Balaban J connectivity index is 1.28. The highest BCUT2D eigenvalue weighted by molar-refractivity contribution is 6.00. The molecule has 3 N–H and O–H groups in total. The van der Waals surface area contributed by atoms with Gasteiger partial charge in [0, 0.05) is 37.1 Å². The molecule has 2 aliphatic heterocycles. The molecule has 0 bridgehead atoms. The Bertz CT molecular complexity index is 1040. The van der Waals surface area contributed by atoms with Gasteiger partial charge in [-0.15, -0.1) is 0 Å². The summed E-state index contributed by atoms with van der Waals surface area (Å²) in [6.45, 7) is 2.97. The molecule has 1 aromatic carbocycles. The molecule has 168 valence electrons. The van der Waals surface area contributed by atoms with Gasteiger partial charge in [0.05, 0.1) is 24.4 Å². The van der Waals surface area contributed by atoms with Crippen molar-refractivity contribution >= 4 is 11.9 Å². The van der Waals surface area contributed by atoms with Gasteiger partial charge in [0.15, 0.2) is 0 Å². The van der Waals surface area contributed by atoms with Crippen LogP contribution in [-0.4, -0.2) is 55.2 Å². The lowest BCUT2D eigenvalue weighted by Gasteiger charge is -2.47. The average molecular weight is 437 g/mol. The first-order valence-corrected chi connectivity index (χ1v) is 11.2. The lowest BCUT2D eigenvalue weighted by atomic mass is 9.69. The third-order valence-electron chi connectivity index (χ3n) is 7.20. The fourth-order valence-corrected chi connectivity index (χ4v) is 5.80. The van der Waals surface area contributed by atoms with Crippen molar-refractivity contribution in [1.29, 1.82) is 0 Å². The van der Waals surface area contributed by atoms with Gasteiger partial charge in [-0.05, 0) is 49.0 Å². The number of aliphatic hydroxyl groups excluding tert-OH is 1. The van der Waals surface area contributed by atoms with Crippen molar-refractivity contribution in [2.24, 2.45) is 17.8 Å². The first kappa shape index (κ1) is 20.9. The largest absolute Gasteiger partial charge is 0.477 e. The van der Waals surface area contributed by atoms with Gasteiger partial charge in [-0.2, -0.15) is 0 Å². The van der Waals surface area contributed by atoms with Gasteiger partial charge in [-0.25, -0.2) is 9.78 Å². The number of carbonyl (C=O) groups is 2. The lowest BCUT2D eigenvalue weighted by Crippen LogP contribution is -2.64. The van der Waals surface area contributed by atoms with Crippen LogP contribution < -0.4 is 5.32 Å². The number of hydrogen-bond acceptors (Lipinski definition) is 5. The zero-order valence-electron chi connectivity index (χ0n) is 18.0. The SMILES string of the molecule is C[C@@H](O)[C@H]1C(=O)N2C(C(=O)O)=C3[C@H](CNCc4ccc(-n5ccnc5)cc4)CCC[C@@H]3[C@H]12. The highest BCUT2D eigenvalue weighted by atomic mass is 16.4. The van der Waals surface area contributed by atoms with Crippen molar-refractivity contribution in [2.45, 2.75) is 44.9 Å². The predicted octanol–water partition coefficient (Wildman–Crippen LogP) is 1.94. The fraction of sp³-hybridized carbons (Fsp3) is 0.458. The summed E-state index contributed by atoms with van der Waals surface area (Å²) in [6, 6.07) is 8.03. The number of carboxylic acids is 1. The van der Waals surface area contributed by atoms with E-state index in [4.69, 9.17) is 0 Å². The van der Waals surface area contributed by atoms with Crippen LogP contribution in [0.3, 0.4) is 0 Å². The number of rotatable bonds is 7. The summed E-state index contributed by atoms with van der Waals surface area (Å²) in [5.74, 6) is -1.67. The molecule has 1 aliphatic carbocycles. The molecule has 3 aliphatic rings. The smallest absolute Gasteiger partial charge is 0.352 e. The number of amides is 1. The van der Waals surface area contributed by atoms with Gasteiger partial charge in [0.2, 0.25) is 5.91 Å². The molecule has 8 nitrogen and oxygen atoms in total. The van der Waals surface area contributed by atoms with Crippen LogP contribution in [-0.2, 0) is 16.1 Å². The second-order valence-corrected chi connectivity index (χ2v) is 9.08. The normalized spacial score (nSPS) is 27.7. The van der Waals surface area contributed by atoms with E-state index in [2.05, 4.69) is 22.4 Å².